The Morgan fingerprint density at radius 3 is 2.72 bits per heavy atom. The summed E-state index contributed by atoms with van der Waals surface area (Å²) in [5, 5.41) is 16.2. The Morgan fingerprint density at radius 2 is 1.93 bits per heavy atom. The van der Waals surface area contributed by atoms with Gasteiger partial charge in [-0.15, -0.1) is 0 Å². The lowest BCUT2D eigenvalue weighted by atomic mass is 10.0. The number of aryl methyl sites for hydroxylation is 1. The minimum atomic E-state index is -0.171. The number of carbonyl (C=O) groups is 1. The zero-order chi connectivity index (χ0) is 20.1. The molecule has 0 spiro atoms. The standard InChI is InChI=1S/C20H16Cl2N6O/c1-27-19(15(22)9-23-27)8-18-13-4-3-12(21)7-14(13)20(29)28(18)10-11-2-5-16-17(6-11)25-26-24-16/h2-7,9,18H,8,10H2,1H3,(H,24,25,26). The molecule has 0 radical (unpaired) electrons. The minimum Gasteiger partial charge on any atom is -0.327 e. The summed E-state index contributed by atoms with van der Waals surface area (Å²) in [6, 6.07) is 11.1. The van der Waals surface area contributed by atoms with Crippen LogP contribution in [0.3, 0.4) is 0 Å². The molecule has 1 atom stereocenters. The molecule has 1 aliphatic rings. The van der Waals surface area contributed by atoms with E-state index in [1.807, 2.05) is 42.3 Å². The van der Waals surface area contributed by atoms with Crippen LogP contribution in [0.25, 0.3) is 11.0 Å². The van der Waals surface area contributed by atoms with Gasteiger partial charge in [0, 0.05) is 30.6 Å². The number of aromatic nitrogens is 5. The van der Waals surface area contributed by atoms with Crippen molar-refractivity contribution in [2.45, 2.75) is 19.0 Å². The summed E-state index contributed by atoms with van der Waals surface area (Å²) < 4.78 is 1.75. The molecule has 7 nitrogen and oxygen atoms in total. The highest BCUT2D eigenvalue weighted by molar-refractivity contribution is 6.31. The van der Waals surface area contributed by atoms with Gasteiger partial charge in [0.25, 0.3) is 5.91 Å². The number of aromatic amines is 1. The minimum absolute atomic E-state index is 0.0500. The van der Waals surface area contributed by atoms with Crippen LogP contribution in [0.2, 0.25) is 10.0 Å². The first-order valence-corrected chi connectivity index (χ1v) is 9.83. The van der Waals surface area contributed by atoms with Crippen molar-refractivity contribution in [3.8, 4) is 0 Å². The topological polar surface area (TPSA) is 79.7 Å². The second kappa shape index (κ2) is 6.86. The summed E-state index contributed by atoms with van der Waals surface area (Å²) in [6.07, 6.45) is 2.18. The van der Waals surface area contributed by atoms with Gasteiger partial charge in [0.05, 0.1) is 23.0 Å². The number of carbonyl (C=O) groups excluding carboxylic acids is 1. The number of benzene rings is 2. The second-order valence-electron chi connectivity index (χ2n) is 7.09. The largest absolute Gasteiger partial charge is 0.327 e. The van der Waals surface area contributed by atoms with E-state index >= 15 is 0 Å². The third-order valence-corrected chi connectivity index (χ3v) is 5.92. The molecule has 1 amide bonds. The molecule has 9 heteroatoms. The van der Waals surface area contributed by atoms with Gasteiger partial charge in [-0.2, -0.15) is 20.5 Å². The number of nitrogens with one attached hydrogen (secondary N) is 1. The summed E-state index contributed by atoms with van der Waals surface area (Å²) in [7, 11) is 1.85. The Balaban J connectivity index is 1.55. The fourth-order valence-electron chi connectivity index (χ4n) is 3.90. The van der Waals surface area contributed by atoms with Crippen LogP contribution in [0.1, 0.15) is 33.2 Å². The van der Waals surface area contributed by atoms with Gasteiger partial charge in [0.1, 0.15) is 11.0 Å². The Hall–Kier alpha value is -2.90. The number of H-pyrrole nitrogens is 1. The van der Waals surface area contributed by atoms with E-state index in [9.17, 15) is 4.79 Å². The molecule has 0 fully saturated rings. The number of rotatable bonds is 4. The van der Waals surface area contributed by atoms with Crippen LogP contribution in [0, 0.1) is 0 Å². The number of fused-ring (bicyclic) bond motifs is 2. The first-order valence-electron chi connectivity index (χ1n) is 9.07. The normalized spacial score (nSPS) is 16.0. The molecule has 1 aliphatic heterocycles. The molecule has 0 bridgehead atoms. The molecule has 1 unspecified atom stereocenters. The average Bonchev–Trinajstić information content (AvgIpc) is 3.37. The van der Waals surface area contributed by atoms with Crippen molar-refractivity contribution in [1.82, 2.24) is 30.1 Å². The van der Waals surface area contributed by atoms with Crippen molar-refractivity contribution < 1.29 is 4.79 Å². The molecule has 2 aromatic heterocycles. The van der Waals surface area contributed by atoms with E-state index in [2.05, 4.69) is 20.5 Å². The fraction of sp³-hybridized carbons (Fsp3) is 0.200. The smallest absolute Gasteiger partial charge is 0.255 e. The third kappa shape index (κ3) is 3.07. The van der Waals surface area contributed by atoms with Gasteiger partial charge in [-0.25, -0.2) is 0 Å². The van der Waals surface area contributed by atoms with Gasteiger partial charge in [0.15, 0.2) is 0 Å². The highest BCUT2D eigenvalue weighted by atomic mass is 35.5. The molecule has 0 aliphatic carbocycles. The first kappa shape index (κ1) is 18.1. The van der Waals surface area contributed by atoms with Crippen LogP contribution in [0.5, 0.6) is 0 Å². The van der Waals surface area contributed by atoms with Crippen molar-refractivity contribution in [3.05, 3.63) is 75.0 Å². The van der Waals surface area contributed by atoms with E-state index in [0.717, 1.165) is 27.9 Å². The lowest BCUT2D eigenvalue weighted by Gasteiger charge is -2.26. The quantitative estimate of drug-likeness (QED) is 0.535. The maximum absolute atomic E-state index is 13.3. The molecule has 5 rings (SSSR count). The van der Waals surface area contributed by atoms with Crippen LogP contribution < -0.4 is 0 Å². The summed E-state index contributed by atoms with van der Waals surface area (Å²) in [5.74, 6) is -0.0500. The van der Waals surface area contributed by atoms with Gasteiger partial charge in [-0.3, -0.25) is 9.48 Å². The number of hydrogen-bond donors (Lipinski definition) is 1. The average molecular weight is 427 g/mol. The zero-order valence-corrected chi connectivity index (χ0v) is 16.9. The lowest BCUT2D eigenvalue weighted by molar-refractivity contribution is 0.0708. The molecular formula is C20H16Cl2N6O. The lowest BCUT2D eigenvalue weighted by Crippen LogP contribution is -2.29. The SMILES string of the molecule is Cn1ncc(Cl)c1CC1c2ccc(Cl)cc2C(=O)N1Cc1ccc2n[nH]nc2c1. The zero-order valence-electron chi connectivity index (χ0n) is 15.4. The Kier molecular flexibility index (Phi) is 4.29. The molecule has 2 aromatic carbocycles. The summed E-state index contributed by atoms with van der Waals surface area (Å²) in [4.78, 5) is 15.1. The number of hydrogen-bond acceptors (Lipinski definition) is 4. The molecule has 0 saturated carbocycles. The molecule has 1 N–H and O–H groups in total. The van der Waals surface area contributed by atoms with Gasteiger partial charge >= 0.3 is 0 Å². The van der Waals surface area contributed by atoms with Crippen LogP contribution in [0.4, 0.5) is 0 Å². The van der Waals surface area contributed by atoms with E-state index in [4.69, 9.17) is 23.2 Å². The van der Waals surface area contributed by atoms with E-state index < -0.39 is 0 Å². The number of nitrogens with zero attached hydrogens (tertiary/aromatic N) is 5. The van der Waals surface area contributed by atoms with Gasteiger partial charge in [-0.05, 0) is 35.4 Å². The maximum Gasteiger partial charge on any atom is 0.255 e. The second-order valence-corrected chi connectivity index (χ2v) is 7.94. The summed E-state index contributed by atoms with van der Waals surface area (Å²) >= 11 is 12.5. The van der Waals surface area contributed by atoms with Crippen molar-refractivity contribution in [1.29, 1.82) is 0 Å². The van der Waals surface area contributed by atoms with Crippen LogP contribution in [0.15, 0.2) is 42.6 Å². The fourth-order valence-corrected chi connectivity index (χ4v) is 4.32. The summed E-state index contributed by atoms with van der Waals surface area (Å²) in [6.45, 7) is 0.439. The van der Waals surface area contributed by atoms with E-state index in [1.54, 1.807) is 16.9 Å². The molecule has 3 heterocycles. The highest BCUT2D eigenvalue weighted by Crippen LogP contribution is 2.39. The van der Waals surface area contributed by atoms with Crippen LogP contribution >= 0.6 is 23.2 Å². The summed E-state index contributed by atoms with van der Waals surface area (Å²) in [5.41, 5.74) is 4.97. The Morgan fingerprint density at radius 1 is 1.10 bits per heavy atom. The van der Waals surface area contributed by atoms with E-state index in [0.29, 0.717) is 28.6 Å². The number of halogens is 2. The predicted molar refractivity (Wildman–Crippen MR) is 110 cm³/mol. The third-order valence-electron chi connectivity index (χ3n) is 5.37. The van der Waals surface area contributed by atoms with Gasteiger partial charge < -0.3 is 4.90 Å². The predicted octanol–water partition coefficient (Wildman–Crippen LogP) is 3.94. The van der Waals surface area contributed by atoms with Gasteiger partial charge in [-0.1, -0.05) is 35.3 Å². The van der Waals surface area contributed by atoms with E-state index in [-0.39, 0.29) is 11.9 Å². The monoisotopic (exact) mass is 426 g/mol. The molecule has 0 saturated heterocycles. The van der Waals surface area contributed by atoms with Gasteiger partial charge in [0.2, 0.25) is 0 Å². The Labute approximate surface area is 176 Å². The molecule has 4 aromatic rings. The molecule has 29 heavy (non-hydrogen) atoms. The highest BCUT2D eigenvalue weighted by Gasteiger charge is 2.37. The molecular weight excluding hydrogens is 411 g/mol. The van der Waals surface area contributed by atoms with Crippen molar-refractivity contribution >= 4 is 40.1 Å². The van der Waals surface area contributed by atoms with Crippen molar-refractivity contribution in [2.24, 2.45) is 7.05 Å². The maximum atomic E-state index is 13.3. The Bertz CT molecular complexity index is 1230. The number of amides is 1. The van der Waals surface area contributed by atoms with Crippen LogP contribution in [-0.2, 0) is 20.0 Å². The van der Waals surface area contributed by atoms with Crippen molar-refractivity contribution in [2.75, 3.05) is 0 Å². The van der Waals surface area contributed by atoms with Crippen molar-refractivity contribution in [3.63, 3.8) is 0 Å². The first-order chi connectivity index (χ1) is 14.0. The molecule has 146 valence electrons. The van der Waals surface area contributed by atoms with E-state index in [1.165, 1.54) is 0 Å². The van der Waals surface area contributed by atoms with Crippen LogP contribution in [-0.4, -0.2) is 36.0 Å².